The zero-order valence-electron chi connectivity index (χ0n) is 26.4. The van der Waals surface area contributed by atoms with Crippen molar-refractivity contribution in [2.75, 3.05) is 44.2 Å². The molecular formula is C33H63N5O. The van der Waals surface area contributed by atoms with E-state index >= 15 is 0 Å². The van der Waals surface area contributed by atoms with E-state index in [2.05, 4.69) is 69.0 Å². The molecule has 6 nitrogen and oxygen atoms in total. The van der Waals surface area contributed by atoms with Gasteiger partial charge in [-0.2, -0.15) is 5.10 Å². The predicted octanol–water partition coefficient (Wildman–Crippen LogP) is 7.57. The Morgan fingerprint density at radius 3 is 2.13 bits per heavy atom. The summed E-state index contributed by atoms with van der Waals surface area (Å²) in [6.45, 7) is 26.8. The van der Waals surface area contributed by atoms with Gasteiger partial charge in [-0.15, -0.1) is 0 Å². The molecule has 0 bridgehead atoms. The van der Waals surface area contributed by atoms with Crippen LogP contribution in [0.3, 0.4) is 0 Å². The second-order valence-electron chi connectivity index (χ2n) is 14.3. The Morgan fingerprint density at radius 2 is 1.62 bits per heavy atom. The summed E-state index contributed by atoms with van der Waals surface area (Å²) in [5.41, 5.74) is 2.36. The van der Waals surface area contributed by atoms with Crippen LogP contribution in [0, 0.1) is 23.7 Å². The van der Waals surface area contributed by atoms with E-state index in [1.165, 1.54) is 76.7 Å². The summed E-state index contributed by atoms with van der Waals surface area (Å²) in [6, 6.07) is 2.81. The third-order valence-corrected chi connectivity index (χ3v) is 9.40. The summed E-state index contributed by atoms with van der Waals surface area (Å²) in [5.74, 6) is 1.97. The van der Waals surface area contributed by atoms with Crippen LogP contribution in [-0.4, -0.2) is 70.8 Å². The Balaban J connectivity index is 0.000000528. The highest BCUT2D eigenvalue weighted by Crippen LogP contribution is 2.54. The summed E-state index contributed by atoms with van der Waals surface area (Å²) in [5, 5.41) is 5.10. The molecule has 5 rings (SSSR count). The molecule has 1 aliphatic carbocycles. The van der Waals surface area contributed by atoms with E-state index in [9.17, 15) is 4.79 Å². The number of carbonyl (C=O) groups is 1. The zero-order valence-corrected chi connectivity index (χ0v) is 26.4. The molecule has 3 saturated heterocycles. The molecule has 4 fully saturated rings. The third-order valence-electron chi connectivity index (χ3n) is 9.40. The van der Waals surface area contributed by atoms with Crippen molar-refractivity contribution in [3.8, 4) is 0 Å². The van der Waals surface area contributed by atoms with E-state index in [4.69, 9.17) is 5.10 Å². The molecule has 1 amide bonds. The summed E-state index contributed by atoms with van der Waals surface area (Å²) < 4.78 is 2.28. The van der Waals surface area contributed by atoms with Crippen LogP contribution in [0.25, 0.3) is 0 Å². The molecule has 4 aliphatic rings. The molecule has 1 aromatic rings. The molecule has 1 spiro atoms. The molecule has 0 radical (unpaired) electrons. The van der Waals surface area contributed by atoms with Gasteiger partial charge in [0.05, 0.1) is 6.04 Å². The molecular weight excluding hydrogens is 482 g/mol. The van der Waals surface area contributed by atoms with Crippen LogP contribution in [0.5, 0.6) is 0 Å². The zero-order chi connectivity index (χ0) is 28.1. The smallest absolute Gasteiger partial charge is 0.209 e. The number of piperidine rings is 2. The van der Waals surface area contributed by atoms with Gasteiger partial charge in [0.1, 0.15) is 0 Å². The number of amides is 1. The van der Waals surface area contributed by atoms with Gasteiger partial charge in [0.25, 0.3) is 0 Å². The Morgan fingerprint density at radius 1 is 1.03 bits per heavy atom. The number of rotatable bonds is 5. The van der Waals surface area contributed by atoms with Crippen molar-refractivity contribution in [1.82, 2.24) is 19.6 Å². The highest BCUT2D eigenvalue weighted by molar-refractivity contribution is 5.50. The molecule has 1 atom stereocenters. The van der Waals surface area contributed by atoms with Crippen LogP contribution >= 0.6 is 0 Å². The van der Waals surface area contributed by atoms with Crippen molar-refractivity contribution in [1.29, 1.82) is 0 Å². The maximum atomic E-state index is 10.9. The number of carbonyl (C=O) groups excluding carboxylic acids is 1. The van der Waals surface area contributed by atoms with E-state index in [0.717, 1.165) is 37.8 Å². The first-order valence-electron chi connectivity index (χ1n) is 15.7. The van der Waals surface area contributed by atoms with Crippen LogP contribution in [-0.2, 0) is 4.79 Å². The summed E-state index contributed by atoms with van der Waals surface area (Å²) >= 11 is 0. The Kier molecular flexibility index (Phi) is 12.0. The fourth-order valence-electron chi connectivity index (χ4n) is 6.85. The molecule has 0 N–H and O–H groups in total. The second-order valence-corrected chi connectivity index (χ2v) is 14.3. The highest BCUT2D eigenvalue weighted by atomic mass is 16.1. The monoisotopic (exact) mass is 546 g/mol. The fraction of sp³-hybridized carbons (Fsp3) is 0.879. The number of aromatic nitrogens is 2. The van der Waals surface area contributed by atoms with Crippen LogP contribution in [0.2, 0.25) is 0 Å². The summed E-state index contributed by atoms with van der Waals surface area (Å²) in [4.78, 5) is 18.1. The molecule has 0 aromatic carbocycles. The summed E-state index contributed by atoms with van der Waals surface area (Å²) in [7, 11) is 0. The fourth-order valence-corrected chi connectivity index (χ4v) is 6.85. The number of nitrogens with zero attached hydrogens (tertiary/aromatic N) is 5. The quantitative estimate of drug-likeness (QED) is 0.358. The van der Waals surface area contributed by atoms with E-state index in [-0.39, 0.29) is 13.0 Å². The van der Waals surface area contributed by atoms with Crippen molar-refractivity contribution in [2.24, 2.45) is 16.7 Å². The molecule has 6 heteroatoms. The molecule has 4 heterocycles. The molecule has 1 aromatic heterocycles. The van der Waals surface area contributed by atoms with Crippen molar-refractivity contribution in [3.05, 3.63) is 11.8 Å². The van der Waals surface area contributed by atoms with Gasteiger partial charge in [-0.1, -0.05) is 61.8 Å². The Hall–Kier alpha value is -1.56. The average Bonchev–Trinajstić information content (AvgIpc) is 3.19. The SMILES string of the molecule is C.CC.CCC(C)(C)C.Cc1cc(N2CC[C@@H](CN3CCCCC3)CC2(C)C)nn1C1CC2(C1)CN(C=O)C2. The van der Waals surface area contributed by atoms with Gasteiger partial charge in [-0.3, -0.25) is 9.48 Å². The number of hydrogen-bond acceptors (Lipinski definition) is 4. The van der Waals surface area contributed by atoms with Crippen LogP contribution in [0.15, 0.2) is 6.07 Å². The van der Waals surface area contributed by atoms with Crippen LogP contribution < -0.4 is 4.90 Å². The minimum Gasteiger partial charge on any atom is -0.350 e. The van der Waals surface area contributed by atoms with Gasteiger partial charge in [0, 0.05) is 48.9 Å². The maximum Gasteiger partial charge on any atom is 0.209 e. The van der Waals surface area contributed by atoms with Gasteiger partial charge in [0.2, 0.25) is 6.41 Å². The average molecular weight is 546 g/mol. The minimum absolute atomic E-state index is 0. The lowest BCUT2D eigenvalue weighted by Gasteiger charge is -2.58. The number of hydrogen-bond donors (Lipinski definition) is 0. The third kappa shape index (κ3) is 8.47. The topological polar surface area (TPSA) is 44.6 Å². The van der Waals surface area contributed by atoms with Crippen LogP contribution in [0.4, 0.5) is 5.82 Å². The second kappa shape index (κ2) is 13.9. The predicted molar refractivity (Wildman–Crippen MR) is 168 cm³/mol. The van der Waals surface area contributed by atoms with Crippen LogP contribution in [0.1, 0.15) is 126 Å². The molecule has 39 heavy (non-hydrogen) atoms. The lowest BCUT2D eigenvalue weighted by Crippen LogP contribution is -2.61. The molecule has 226 valence electrons. The largest absolute Gasteiger partial charge is 0.350 e. The standard InChI is InChI=1S/C24H39N5O.C6H14.C2H6.CH4/c1-19-11-22(25-29(19)21-13-24(14-21)16-27(17-24)18-30)28-10-7-20(12-23(28,2)3)15-26-8-5-4-6-9-26;1-5-6(2,3)4;1-2;/h11,18,20-21H,4-10,12-17H2,1-3H3;5H2,1-4H3;1-2H3;1H4/t20-;;;/m1.../s1. The molecule has 0 unspecified atom stereocenters. The van der Waals surface area contributed by atoms with E-state index < -0.39 is 0 Å². The first kappa shape index (κ1) is 33.6. The summed E-state index contributed by atoms with van der Waals surface area (Å²) in [6.07, 6.45) is 11.3. The first-order valence-corrected chi connectivity index (χ1v) is 15.7. The van der Waals surface area contributed by atoms with Gasteiger partial charge in [-0.25, -0.2) is 0 Å². The van der Waals surface area contributed by atoms with Crippen molar-refractivity contribution < 1.29 is 4.79 Å². The normalized spacial score (nSPS) is 24.3. The van der Waals surface area contributed by atoms with Gasteiger partial charge in [0.15, 0.2) is 5.82 Å². The van der Waals surface area contributed by atoms with Gasteiger partial charge >= 0.3 is 0 Å². The molecule has 1 saturated carbocycles. The van der Waals surface area contributed by atoms with Crippen molar-refractivity contribution in [2.45, 2.75) is 133 Å². The number of anilines is 1. The van der Waals surface area contributed by atoms with E-state index in [0.29, 0.717) is 16.9 Å². The van der Waals surface area contributed by atoms with Gasteiger partial charge < -0.3 is 14.7 Å². The minimum atomic E-state index is 0. The maximum absolute atomic E-state index is 10.9. The first-order chi connectivity index (χ1) is 17.9. The van der Waals surface area contributed by atoms with E-state index in [1.807, 2.05) is 18.7 Å². The Labute approximate surface area is 241 Å². The number of likely N-dealkylation sites (tertiary alicyclic amines) is 2. The van der Waals surface area contributed by atoms with Crippen molar-refractivity contribution in [3.63, 3.8) is 0 Å². The lowest BCUT2D eigenvalue weighted by atomic mass is 9.61. The van der Waals surface area contributed by atoms with E-state index in [1.54, 1.807) is 0 Å². The number of aryl methyl sites for hydroxylation is 1. The molecule has 3 aliphatic heterocycles. The Bertz CT molecular complexity index is 865. The highest BCUT2D eigenvalue weighted by Gasteiger charge is 2.53. The van der Waals surface area contributed by atoms with Crippen molar-refractivity contribution >= 4 is 12.2 Å². The lowest BCUT2D eigenvalue weighted by molar-refractivity contribution is -0.140. The van der Waals surface area contributed by atoms with Gasteiger partial charge in [-0.05, 0) is 83.7 Å².